The van der Waals surface area contributed by atoms with E-state index in [0.717, 1.165) is 5.56 Å². The molecule has 1 fully saturated rings. The number of fused-ring (bicyclic) bond motifs is 2. The molecule has 4 nitrogen and oxygen atoms in total. The number of carbonyl (C=O) groups is 2. The molecular weight excluding hydrogens is 280 g/mol. The normalized spacial score (nSPS) is 29.3. The predicted molar refractivity (Wildman–Crippen MR) is 81.3 cm³/mol. The van der Waals surface area contributed by atoms with Crippen molar-refractivity contribution >= 4 is 11.6 Å². The lowest BCUT2D eigenvalue weighted by molar-refractivity contribution is -0.239. The van der Waals surface area contributed by atoms with Crippen molar-refractivity contribution in [1.29, 1.82) is 0 Å². The lowest BCUT2D eigenvalue weighted by Crippen LogP contribution is -2.60. The smallest absolute Gasteiger partial charge is 0.236 e. The summed E-state index contributed by atoms with van der Waals surface area (Å²) >= 11 is 0. The van der Waals surface area contributed by atoms with Crippen molar-refractivity contribution in [2.45, 2.75) is 25.0 Å². The first-order chi connectivity index (χ1) is 10.5. The van der Waals surface area contributed by atoms with Crippen LogP contribution < -0.4 is 0 Å². The van der Waals surface area contributed by atoms with Crippen molar-refractivity contribution in [2.75, 3.05) is 14.2 Å². The average molecular weight is 300 g/mol. The first kappa shape index (κ1) is 15.1. The Kier molecular flexibility index (Phi) is 3.75. The van der Waals surface area contributed by atoms with Gasteiger partial charge in [-0.15, -0.1) is 0 Å². The molecule has 0 aromatic heterocycles. The number of ketones is 2. The highest BCUT2D eigenvalue weighted by Crippen LogP contribution is 2.53. The minimum atomic E-state index is -1.33. The molecule has 4 heteroatoms. The maximum Gasteiger partial charge on any atom is 0.236 e. The highest BCUT2D eigenvalue weighted by atomic mass is 16.7. The summed E-state index contributed by atoms with van der Waals surface area (Å²) in [6, 6.07) is 9.95. The van der Waals surface area contributed by atoms with Crippen LogP contribution in [0.15, 0.2) is 42.0 Å². The van der Waals surface area contributed by atoms with Crippen LogP contribution in [0.2, 0.25) is 0 Å². The van der Waals surface area contributed by atoms with Gasteiger partial charge < -0.3 is 9.47 Å². The van der Waals surface area contributed by atoms with E-state index in [-0.39, 0.29) is 29.3 Å². The van der Waals surface area contributed by atoms with Crippen LogP contribution in [0.5, 0.6) is 0 Å². The number of hydrogen-bond acceptors (Lipinski definition) is 4. The molecule has 0 radical (unpaired) electrons. The first-order valence-corrected chi connectivity index (χ1v) is 7.47. The van der Waals surface area contributed by atoms with Crippen LogP contribution in [0, 0.1) is 11.8 Å². The van der Waals surface area contributed by atoms with Gasteiger partial charge in [0.05, 0.1) is 0 Å². The van der Waals surface area contributed by atoms with E-state index in [0.29, 0.717) is 12.0 Å². The number of Topliss-reactive ketones (excluding diaryl/α,β-unsaturated/α-hetero) is 2. The number of ether oxygens (including phenoxy) is 2. The fraction of sp³-hybridized carbons (Fsp3) is 0.444. The molecule has 1 aromatic carbocycles. The van der Waals surface area contributed by atoms with Crippen molar-refractivity contribution in [3.63, 3.8) is 0 Å². The van der Waals surface area contributed by atoms with E-state index in [1.807, 2.05) is 36.4 Å². The second-order valence-electron chi connectivity index (χ2n) is 5.95. The monoisotopic (exact) mass is 300 g/mol. The van der Waals surface area contributed by atoms with Crippen LogP contribution in [-0.4, -0.2) is 31.6 Å². The molecule has 22 heavy (non-hydrogen) atoms. The SMILES string of the molecule is COC1(OC)C(=O)[C@H]2C=C(C(C)=O)[C@H]1C[C@H]2c1ccccc1. The molecule has 0 spiro atoms. The summed E-state index contributed by atoms with van der Waals surface area (Å²) in [5.41, 5.74) is 1.77. The van der Waals surface area contributed by atoms with Crippen molar-refractivity contribution in [1.82, 2.24) is 0 Å². The molecule has 0 amide bonds. The van der Waals surface area contributed by atoms with Gasteiger partial charge in [-0.25, -0.2) is 0 Å². The second kappa shape index (κ2) is 5.45. The van der Waals surface area contributed by atoms with Gasteiger partial charge >= 0.3 is 0 Å². The molecule has 4 rings (SSSR count). The van der Waals surface area contributed by atoms with Crippen LogP contribution in [0.4, 0.5) is 0 Å². The van der Waals surface area contributed by atoms with E-state index in [9.17, 15) is 9.59 Å². The largest absolute Gasteiger partial charge is 0.346 e. The van der Waals surface area contributed by atoms with Gasteiger partial charge in [-0.2, -0.15) is 0 Å². The van der Waals surface area contributed by atoms with Gasteiger partial charge in [0.1, 0.15) is 0 Å². The molecule has 116 valence electrons. The Labute approximate surface area is 130 Å². The van der Waals surface area contributed by atoms with E-state index in [1.54, 1.807) is 0 Å². The summed E-state index contributed by atoms with van der Waals surface area (Å²) in [5, 5.41) is 0. The van der Waals surface area contributed by atoms with Crippen LogP contribution in [0.25, 0.3) is 0 Å². The number of carbonyl (C=O) groups excluding carboxylic acids is 2. The summed E-state index contributed by atoms with van der Waals surface area (Å²) < 4.78 is 10.9. The number of allylic oxidation sites excluding steroid dienone is 1. The molecular formula is C18H20O4. The molecule has 3 aliphatic rings. The predicted octanol–water partition coefficient (Wildman–Crippen LogP) is 2.49. The van der Waals surface area contributed by atoms with Crippen molar-refractivity contribution in [3.05, 3.63) is 47.5 Å². The molecule has 0 heterocycles. The van der Waals surface area contributed by atoms with Gasteiger partial charge in [-0.05, 0) is 24.8 Å². The summed E-state index contributed by atoms with van der Waals surface area (Å²) in [6.45, 7) is 1.53. The maximum atomic E-state index is 12.9. The molecule has 3 atom stereocenters. The van der Waals surface area contributed by atoms with Crippen LogP contribution >= 0.6 is 0 Å². The summed E-state index contributed by atoms with van der Waals surface area (Å²) in [5.74, 6) is -2.11. The Morgan fingerprint density at radius 1 is 1.18 bits per heavy atom. The van der Waals surface area contributed by atoms with Gasteiger partial charge in [0, 0.05) is 31.6 Å². The third kappa shape index (κ3) is 1.98. The van der Waals surface area contributed by atoms with Gasteiger partial charge in [0.25, 0.3) is 0 Å². The summed E-state index contributed by atoms with van der Waals surface area (Å²) in [6.07, 6.45) is 2.50. The second-order valence-corrected chi connectivity index (χ2v) is 5.95. The van der Waals surface area contributed by atoms with E-state index in [1.165, 1.54) is 21.1 Å². The Bertz CT molecular complexity index is 628. The number of rotatable bonds is 4. The number of methoxy groups -OCH3 is 2. The molecule has 0 saturated heterocycles. The molecule has 0 N–H and O–H groups in total. The zero-order chi connectivity index (χ0) is 15.9. The fourth-order valence-electron chi connectivity index (χ4n) is 3.95. The Morgan fingerprint density at radius 3 is 2.36 bits per heavy atom. The average Bonchev–Trinajstić information content (AvgIpc) is 2.56. The quantitative estimate of drug-likeness (QED) is 0.802. The third-order valence-corrected chi connectivity index (χ3v) is 5.00. The molecule has 2 bridgehead atoms. The lowest BCUT2D eigenvalue weighted by atomic mass is 9.59. The standard InChI is InChI=1S/C18H20O4/c1-11(19)13-9-15-14(12-7-5-4-6-8-12)10-16(13)18(21-2,22-3)17(15)20/h4-9,14-16H,10H2,1-3H3/t14-,15-,16+/m0/s1. The molecule has 0 unspecified atom stereocenters. The number of benzene rings is 1. The summed E-state index contributed by atoms with van der Waals surface area (Å²) in [7, 11) is 2.94. The van der Waals surface area contributed by atoms with Crippen molar-refractivity contribution < 1.29 is 19.1 Å². The molecule has 1 saturated carbocycles. The zero-order valence-corrected chi connectivity index (χ0v) is 13.0. The van der Waals surface area contributed by atoms with Crippen molar-refractivity contribution in [3.8, 4) is 0 Å². The first-order valence-electron chi connectivity index (χ1n) is 7.47. The zero-order valence-electron chi connectivity index (χ0n) is 13.0. The van der Waals surface area contributed by atoms with Crippen molar-refractivity contribution in [2.24, 2.45) is 11.8 Å². The molecule has 3 aliphatic carbocycles. The van der Waals surface area contributed by atoms with Gasteiger partial charge in [-0.3, -0.25) is 9.59 Å². The van der Waals surface area contributed by atoms with E-state index >= 15 is 0 Å². The highest BCUT2D eigenvalue weighted by molar-refractivity contribution is 6.02. The Morgan fingerprint density at radius 2 is 1.82 bits per heavy atom. The highest BCUT2D eigenvalue weighted by Gasteiger charge is 2.60. The van der Waals surface area contributed by atoms with Crippen LogP contribution in [-0.2, 0) is 19.1 Å². The maximum absolute atomic E-state index is 12.9. The minimum absolute atomic E-state index is 0.0208. The molecule has 0 aliphatic heterocycles. The summed E-state index contributed by atoms with van der Waals surface area (Å²) in [4.78, 5) is 24.9. The minimum Gasteiger partial charge on any atom is -0.346 e. The van der Waals surface area contributed by atoms with E-state index in [4.69, 9.17) is 9.47 Å². The van der Waals surface area contributed by atoms with Gasteiger partial charge in [0.2, 0.25) is 5.79 Å². The molecule has 1 aromatic rings. The Balaban J connectivity index is 2.09. The lowest BCUT2D eigenvalue weighted by Gasteiger charge is -2.50. The van der Waals surface area contributed by atoms with Crippen LogP contribution in [0.1, 0.15) is 24.8 Å². The van der Waals surface area contributed by atoms with E-state index < -0.39 is 5.79 Å². The van der Waals surface area contributed by atoms with Crippen LogP contribution in [0.3, 0.4) is 0 Å². The fourth-order valence-corrected chi connectivity index (χ4v) is 3.95. The third-order valence-electron chi connectivity index (χ3n) is 5.00. The number of hydrogen-bond donors (Lipinski definition) is 0. The van der Waals surface area contributed by atoms with E-state index in [2.05, 4.69) is 0 Å². The van der Waals surface area contributed by atoms with Gasteiger partial charge in [-0.1, -0.05) is 36.4 Å². The van der Waals surface area contributed by atoms with Gasteiger partial charge in [0.15, 0.2) is 11.6 Å². The topological polar surface area (TPSA) is 52.6 Å². The Hall–Kier alpha value is -1.78.